The van der Waals surface area contributed by atoms with Crippen LogP contribution in [0.15, 0.2) is 18.2 Å². The van der Waals surface area contributed by atoms with Crippen LogP contribution in [0, 0.1) is 10.1 Å². The highest BCUT2D eigenvalue weighted by Gasteiger charge is 2.32. The van der Waals surface area contributed by atoms with Gasteiger partial charge in [-0.1, -0.05) is 29.3 Å². The van der Waals surface area contributed by atoms with Crippen molar-refractivity contribution >= 4 is 35.1 Å². The first-order chi connectivity index (χ1) is 11.3. The van der Waals surface area contributed by atoms with E-state index in [1.807, 2.05) is 0 Å². The molecule has 7 nitrogen and oxygen atoms in total. The number of carboxylic acids is 1. The number of hydrogen-bond acceptors (Lipinski definition) is 5. The zero-order valence-electron chi connectivity index (χ0n) is 12.9. The summed E-state index contributed by atoms with van der Waals surface area (Å²) < 4.78 is 4.98. The number of carboxylic acid groups (broad SMARTS) is 1. The zero-order chi connectivity index (χ0) is 18.3. The molecule has 0 aromatic heterocycles. The fraction of sp³-hybridized carbons (Fsp3) is 0.467. The average Bonchev–Trinajstić information content (AvgIpc) is 2.50. The third-order valence-corrected chi connectivity index (χ3v) is 4.15. The minimum atomic E-state index is -1.19. The summed E-state index contributed by atoms with van der Waals surface area (Å²) in [5.74, 6) is -2.69. The van der Waals surface area contributed by atoms with Crippen molar-refractivity contribution in [3.8, 4) is 0 Å². The van der Waals surface area contributed by atoms with Crippen LogP contribution < -0.4 is 0 Å². The van der Waals surface area contributed by atoms with E-state index in [1.54, 1.807) is 13.0 Å². The molecular weight excluding hydrogens is 361 g/mol. The molecule has 0 fully saturated rings. The van der Waals surface area contributed by atoms with Crippen LogP contribution in [0.2, 0.25) is 10.0 Å². The van der Waals surface area contributed by atoms with E-state index in [4.69, 9.17) is 33.0 Å². The largest absolute Gasteiger partial charge is 0.481 e. The van der Waals surface area contributed by atoms with Crippen LogP contribution in [-0.4, -0.2) is 34.6 Å². The molecule has 0 bridgehead atoms. The van der Waals surface area contributed by atoms with Crippen molar-refractivity contribution in [1.82, 2.24) is 0 Å². The summed E-state index contributed by atoms with van der Waals surface area (Å²) in [4.78, 5) is 33.5. The van der Waals surface area contributed by atoms with E-state index < -0.39 is 28.8 Å². The number of hydrogen-bond donors (Lipinski definition) is 1. The van der Waals surface area contributed by atoms with Crippen LogP contribution in [-0.2, 0) is 14.3 Å². The Morgan fingerprint density at radius 1 is 1.33 bits per heavy atom. The molecule has 1 aromatic carbocycles. The van der Waals surface area contributed by atoms with Gasteiger partial charge in [0.05, 0.1) is 29.0 Å². The standard InChI is InChI=1S/C15H17Cl2NO6/c1-2-24-15(21)11(9-3-5-12(16)13(17)7-9)8-10(18(22)23)4-6-14(19)20/h3,5,7,10-11H,2,4,6,8H2,1H3,(H,19,20). The number of benzene rings is 1. The van der Waals surface area contributed by atoms with Gasteiger partial charge in [-0.3, -0.25) is 19.7 Å². The summed E-state index contributed by atoms with van der Waals surface area (Å²) in [5.41, 5.74) is 0.435. The Bertz CT molecular complexity index is 622. The Morgan fingerprint density at radius 3 is 2.50 bits per heavy atom. The first-order valence-electron chi connectivity index (χ1n) is 7.23. The van der Waals surface area contributed by atoms with Crippen molar-refractivity contribution in [2.24, 2.45) is 0 Å². The van der Waals surface area contributed by atoms with Crippen LogP contribution in [0.3, 0.4) is 0 Å². The van der Waals surface area contributed by atoms with Gasteiger partial charge in [0.25, 0.3) is 0 Å². The summed E-state index contributed by atoms with van der Waals surface area (Å²) in [7, 11) is 0. The van der Waals surface area contributed by atoms with Gasteiger partial charge in [0.15, 0.2) is 0 Å². The van der Waals surface area contributed by atoms with Gasteiger partial charge >= 0.3 is 11.9 Å². The molecule has 2 unspecified atom stereocenters. The molecule has 132 valence electrons. The molecule has 1 rings (SSSR count). The van der Waals surface area contributed by atoms with Crippen LogP contribution in [0.1, 0.15) is 37.7 Å². The molecule has 2 atom stereocenters. The number of esters is 1. The van der Waals surface area contributed by atoms with Gasteiger partial charge in [-0.2, -0.15) is 0 Å². The lowest BCUT2D eigenvalue weighted by Gasteiger charge is -2.18. The van der Waals surface area contributed by atoms with Crippen molar-refractivity contribution in [2.45, 2.75) is 38.1 Å². The predicted octanol–water partition coefficient (Wildman–Crippen LogP) is 3.54. The van der Waals surface area contributed by atoms with E-state index in [1.165, 1.54) is 12.1 Å². The summed E-state index contributed by atoms with van der Waals surface area (Å²) in [6, 6.07) is 3.30. The van der Waals surface area contributed by atoms with E-state index in [-0.39, 0.29) is 30.9 Å². The maximum atomic E-state index is 12.2. The average molecular weight is 378 g/mol. The highest BCUT2D eigenvalue weighted by Crippen LogP contribution is 2.31. The summed E-state index contributed by atoms with van der Waals surface area (Å²) in [6.07, 6.45) is -0.723. The first kappa shape index (κ1) is 20.2. The number of aliphatic carboxylic acids is 1. The van der Waals surface area contributed by atoms with E-state index in [9.17, 15) is 19.7 Å². The van der Waals surface area contributed by atoms with E-state index in [2.05, 4.69) is 0 Å². The fourth-order valence-corrected chi connectivity index (χ4v) is 2.52. The van der Waals surface area contributed by atoms with E-state index in [0.29, 0.717) is 10.6 Å². The van der Waals surface area contributed by atoms with Gasteiger partial charge in [0.2, 0.25) is 6.04 Å². The van der Waals surface area contributed by atoms with Crippen LogP contribution >= 0.6 is 23.2 Å². The lowest BCUT2D eigenvalue weighted by molar-refractivity contribution is -0.524. The van der Waals surface area contributed by atoms with E-state index >= 15 is 0 Å². The number of halogens is 2. The molecule has 0 radical (unpaired) electrons. The van der Waals surface area contributed by atoms with Gasteiger partial charge in [0.1, 0.15) is 0 Å². The van der Waals surface area contributed by atoms with Crippen molar-refractivity contribution in [3.05, 3.63) is 43.9 Å². The molecule has 0 spiro atoms. The maximum Gasteiger partial charge on any atom is 0.313 e. The highest BCUT2D eigenvalue weighted by atomic mass is 35.5. The molecule has 0 aliphatic rings. The number of nitrogens with zero attached hydrogens (tertiary/aromatic N) is 1. The Kier molecular flexibility index (Phi) is 7.94. The van der Waals surface area contributed by atoms with Crippen LogP contribution in [0.25, 0.3) is 0 Å². The molecule has 1 N–H and O–H groups in total. The molecule has 0 saturated heterocycles. The monoisotopic (exact) mass is 377 g/mol. The van der Waals surface area contributed by atoms with Crippen LogP contribution in [0.5, 0.6) is 0 Å². The lowest BCUT2D eigenvalue weighted by Crippen LogP contribution is -2.27. The topological polar surface area (TPSA) is 107 Å². The normalized spacial score (nSPS) is 13.1. The molecule has 1 aromatic rings. The Morgan fingerprint density at radius 2 is 2.00 bits per heavy atom. The van der Waals surface area contributed by atoms with Crippen molar-refractivity contribution < 1.29 is 24.4 Å². The molecule has 9 heteroatoms. The number of carbonyl (C=O) groups is 2. The van der Waals surface area contributed by atoms with Gasteiger partial charge in [-0.05, 0) is 24.6 Å². The van der Waals surface area contributed by atoms with E-state index in [0.717, 1.165) is 0 Å². The maximum absolute atomic E-state index is 12.2. The second kappa shape index (κ2) is 9.44. The Balaban J connectivity index is 3.07. The second-order valence-corrected chi connectivity index (χ2v) is 5.90. The van der Waals surface area contributed by atoms with Gasteiger partial charge in [0, 0.05) is 17.8 Å². The van der Waals surface area contributed by atoms with Crippen molar-refractivity contribution in [3.63, 3.8) is 0 Å². The Hall–Kier alpha value is -1.86. The van der Waals surface area contributed by atoms with Gasteiger partial charge in [-0.15, -0.1) is 0 Å². The second-order valence-electron chi connectivity index (χ2n) is 5.09. The van der Waals surface area contributed by atoms with Gasteiger partial charge < -0.3 is 9.84 Å². The SMILES string of the molecule is CCOC(=O)C(CC(CCC(=O)O)[N+](=O)[O-])c1ccc(Cl)c(Cl)c1. The molecule has 0 heterocycles. The summed E-state index contributed by atoms with van der Waals surface area (Å²) in [6.45, 7) is 1.74. The van der Waals surface area contributed by atoms with Crippen molar-refractivity contribution in [2.75, 3.05) is 6.61 Å². The summed E-state index contributed by atoms with van der Waals surface area (Å²) >= 11 is 11.8. The first-order valence-corrected chi connectivity index (χ1v) is 7.98. The smallest absolute Gasteiger partial charge is 0.313 e. The quantitative estimate of drug-likeness (QED) is 0.400. The lowest BCUT2D eigenvalue weighted by atomic mass is 9.90. The number of nitro groups is 1. The van der Waals surface area contributed by atoms with Gasteiger partial charge in [-0.25, -0.2) is 0 Å². The summed E-state index contributed by atoms with van der Waals surface area (Å²) in [5, 5.41) is 20.4. The minimum absolute atomic E-state index is 0.120. The molecule has 0 aliphatic heterocycles. The number of rotatable bonds is 9. The number of ether oxygens (including phenoxy) is 1. The third kappa shape index (κ3) is 5.98. The van der Waals surface area contributed by atoms with Crippen LogP contribution in [0.4, 0.5) is 0 Å². The molecular formula is C15H17Cl2NO6. The Labute approximate surface area is 148 Å². The predicted molar refractivity (Wildman–Crippen MR) is 88.1 cm³/mol. The fourth-order valence-electron chi connectivity index (χ4n) is 2.21. The molecule has 0 saturated carbocycles. The number of carbonyl (C=O) groups excluding carboxylic acids is 1. The zero-order valence-corrected chi connectivity index (χ0v) is 14.4. The minimum Gasteiger partial charge on any atom is -0.481 e. The molecule has 0 aliphatic carbocycles. The highest BCUT2D eigenvalue weighted by molar-refractivity contribution is 6.42. The van der Waals surface area contributed by atoms with Crippen molar-refractivity contribution in [1.29, 1.82) is 0 Å². The third-order valence-electron chi connectivity index (χ3n) is 3.41. The molecule has 0 amide bonds. The molecule has 24 heavy (non-hydrogen) atoms.